The number of hydrogen-bond donors (Lipinski definition) is 2. The van der Waals surface area contributed by atoms with Crippen LogP contribution in [0.3, 0.4) is 0 Å². The van der Waals surface area contributed by atoms with Gasteiger partial charge in [0.25, 0.3) is 0 Å². The van der Waals surface area contributed by atoms with E-state index >= 15 is 0 Å². The van der Waals surface area contributed by atoms with Crippen molar-refractivity contribution in [3.63, 3.8) is 0 Å². The maximum atomic E-state index is 13.2. The fraction of sp³-hybridized carbons (Fsp3) is 0.174. The minimum Gasteiger partial charge on any atom is -0.481 e. The molecule has 3 aromatic carbocycles. The summed E-state index contributed by atoms with van der Waals surface area (Å²) >= 11 is 0. The third-order valence-electron chi connectivity index (χ3n) is 4.70. The molecule has 2 N–H and O–H groups in total. The third kappa shape index (κ3) is 5.75. The lowest BCUT2D eigenvalue weighted by molar-refractivity contribution is -0.137. The third-order valence-corrected chi connectivity index (χ3v) is 6.14. The first-order chi connectivity index (χ1) is 14.3. The number of halogens is 1. The Morgan fingerprint density at radius 1 is 0.900 bits per heavy atom. The van der Waals surface area contributed by atoms with Crippen molar-refractivity contribution in [1.82, 2.24) is 4.72 Å². The van der Waals surface area contributed by atoms with Crippen LogP contribution in [0, 0.1) is 5.82 Å². The standard InChI is InChI=1S/C23H22FNO4S/c24-20-13-15-21(16-14-20)30(28,29)25-23(18-6-2-1-3-7-18)19-11-9-17(10-12-19)5-4-8-22(26)27/h1-3,6-7,9-16,23,25H,4-5,8H2,(H,26,27). The summed E-state index contributed by atoms with van der Waals surface area (Å²) in [5, 5.41) is 8.77. The van der Waals surface area contributed by atoms with Crippen molar-refractivity contribution < 1.29 is 22.7 Å². The summed E-state index contributed by atoms with van der Waals surface area (Å²) in [6.45, 7) is 0. The van der Waals surface area contributed by atoms with E-state index in [0.29, 0.717) is 12.8 Å². The highest BCUT2D eigenvalue weighted by Gasteiger charge is 2.23. The monoisotopic (exact) mass is 427 g/mol. The summed E-state index contributed by atoms with van der Waals surface area (Å²) < 4.78 is 41.7. The zero-order valence-corrected chi connectivity index (χ0v) is 17.0. The van der Waals surface area contributed by atoms with E-state index in [2.05, 4.69) is 4.72 Å². The molecule has 0 radical (unpaired) electrons. The second kappa shape index (κ2) is 9.65. The summed E-state index contributed by atoms with van der Waals surface area (Å²) in [6.07, 6.45) is 1.27. The molecular weight excluding hydrogens is 405 g/mol. The predicted molar refractivity (Wildman–Crippen MR) is 112 cm³/mol. The molecule has 0 aliphatic heterocycles. The molecule has 3 aromatic rings. The van der Waals surface area contributed by atoms with Crippen molar-refractivity contribution in [1.29, 1.82) is 0 Å². The Morgan fingerprint density at radius 3 is 2.10 bits per heavy atom. The van der Waals surface area contributed by atoms with E-state index in [1.807, 2.05) is 54.6 Å². The van der Waals surface area contributed by atoms with Gasteiger partial charge in [0.05, 0.1) is 10.9 Å². The van der Waals surface area contributed by atoms with Gasteiger partial charge in [-0.2, -0.15) is 4.72 Å². The number of carbonyl (C=O) groups is 1. The van der Waals surface area contributed by atoms with E-state index in [0.717, 1.165) is 28.8 Å². The highest BCUT2D eigenvalue weighted by atomic mass is 32.2. The van der Waals surface area contributed by atoms with E-state index in [1.54, 1.807) is 0 Å². The molecule has 0 amide bonds. The SMILES string of the molecule is O=C(O)CCCc1ccc(C(NS(=O)(=O)c2ccc(F)cc2)c2ccccc2)cc1. The molecule has 156 valence electrons. The van der Waals surface area contributed by atoms with Gasteiger partial charge in [-0.05, 0) is 53.8 Å². The lowest BCUT2D eigenvalue weighted by atomic mass is 9.97. The molecule has 3 rings (SSSR count). The number of carboxylic acids is 1. The van der Waals surface area contributed by atoms with Crippen molar-refractivity contribution in [2.75, 3.05) is 0 Å². The fourth-order valence-electron chi connectivity index (χ4n) is 3.13. The number of hydrogen-bond acceptors (Lipinski definition) is 3. The summed E-state index contributed by atoms with van der Waals surface area (Å²) in [5.74, 6) is -1.34. The maximum Gasteiger partial charge on any atom is 0.303 e. The van der Waals surface area contributed by atoms with E-state index in [9.17, 15) is 17.6 Å². The van der Waals surface area contributed by atoms with E-state index in [1.165, 1.54) is 12.1 Å². The molecule has 0 aromatic heterocycles. The first-order valence-electron chi connectivity index (χ1n) is 9.48. The Hall–Kier alpha value is -3.03. The van der Waals surface area contributed by atoms with Crippen molar-refractivity contribution >= 4 is 16.0 Å². The van der Waals surface area contributed by atoms with Gasteiger partial charge in [-0.15, -0.1) is 0 Å². The Morgan fingerprint density at radius 2 is 1.50 bits per heavy atom. The number of aryl methyl sites for hydroxylation is 1. The van der Waals surface area contributed by atoms with Crippen LogP contribution in [-0.2, 0) is 21.2 Å². The highest BCUT2D eigenvalue weighted by molar-refractivity contribution is 7.89. The van der Waals surface area contributed by atoms with Crippen LogP contribution >= 0.6 is 0 Å². The van der Waals surface area contributed by atoms with Gasteiger partial charge < -0.3 is 5.11 Å². The predicted octanol–water partition coefficient (Wildman–Crippen LogP) is 4.30. The molecule has 0 saturated heterocycles. The van der Waals surface area contributed by atoms with E-state index < -0.39 is 27.9 Å². The topological polar surface area (TPSA) is 83.5 Å². The maximum absolute atomic E-state index is 13.2. The lowest BCUT2D eigenvalue weighted by Gasteiger charge is -2.20. The van der Waals surface area contributed by atoms with Crippen LogP contribution in [0.2, 0.25) is 0 Å². The Kier molecular flexibility index (Phi) is 6.97. The minimum atomic E-state index is -3.89. The van der Waals surface area contributed by atoms with Gasteiger partial charge in [-0.1, -0.05) is 54.6 Å². The molecule has 0 aliphatic carbocycles. The fourth-order valence-corrected chi connectivity index (χ4v) is 4.34. The normalized spacial score (nSPS) is 12.4. The first kappa shape index (κ1) is 21.7. The number of aliphatic carboxylic acids is 1. The van der Waals surface area contributed by atoms with Crippen LogP contribution in [0.1, 0.15) is 35.6 Å². The van der Waals surface area contributed by atoms with E-state index in [4.69, 9.17) is 5.11 Å². The second-order valence-electron chi connectivity index (χ2n) is 6.91. The molecule has 0 aliphatic rings. The molecule has 30 heavy (non-hydrogen) atoms. The van der Waals surface area contributed by atoms with Gasteiger partial charge in [0, 0.05) is 6.42 Å². The quantitative estimate of drug-likeness (QED) is 0.533. The van der Waals surface area contributed by atoms with Crippen LogP contribution in [0.25, 0.3) is 0 Å². The zero-order chi connectivity index (χ0) is 21.6. The molecule has 0 spiro atoms. The van der Waals surface area contributed by atoms with Crippen LogP contribution in [0.15, 0.2) is 83.8 Å². The largest absolute Gasteiger partial charge is 0.481 e. The molecule has 0 saturated carbocycles. The summed E-state index contributed by atoms with van der Waals surface area (Å²) in [4.78, 5) is 10.7. The summed E-state index contributed by atoms with van der Waals surface area (Å²) in [7, 11) is -3.89. The Balaban J connectivity index is 1.86. The molecule has 1 atom stereocenters. The van der Waals surface area contributed by atoms with Gasteiger partial charge >= 0.3 is 5.97 Å². The number of nitrogens with one attached hydrogen (secondary N) is 1. The molecular formula is C23H22FNO4S. The average molecular weight is 427 g/mol. The van der Waals surface area contributed by atoms with Gasteiger partial charge in [0.1, 0.15) is 5.82 Å². The van der Waals surface area contributed by atoms with Crippen LogP contribution in [0.4, 0.5) is 4.39 Å². The Bertz CT molecular complexity index is 1080. The van der Waals surface area contributed by atoms with Crippen LogP contribution in [-0.4, -0.2) is 19.5 Å². The van der Waals surface area contributed by atoms with Crippen LogP contribution in [0.5, 0.6) is 0 Å². The molecule has 7 heteroatoms. The van der Waals surface area contributed by atoms with Gasteiger partial charge in [-0.25, -0.2) is 12.8 Å². The molecule has 1 unspecified atom stereocenters. The van der Waals surface area contributed by atoms with Crippen LogP contribution < -0.4 is 4.72 Å². The summed E-state index contributed by atoms with van der Waals surface area (Å²) in [5.41, 5.74) is 2.49. The molecule has 5 nitrogen and oxygen atoms in total. The van der Waals surface area contributed by atoms with Gasteiger partial charge in [0.15, 0.2) is 0 Å². The van der Waals surface area contributed by atoms with Gasteiger partial charge in [0.2, 0.25) is 10.0 Å². The second-order valence-corrected chi connectivity index (χ2v) is 8.62. The first-order valence-corrected chi connectivity index (χ1v) is 11.0. The van der Waals surface area contributed by atoms with Crippen molar-refractivity contribution in [2.45, 2.75) is 30.2 Å². The van der Waals surface area contributed by atoms with Crippen molar-refractivity contribution in [3.8, 4) is 0 Å². The lowest BCUT2D eigenvalue weighted by Crippen LogP contribution is -2.29. The molecule has 0 bridgehead atoms. The highest BCUT2D eigenvalue weighted by Crippen LogP contribution is 2.25. The Labute approximate surface area is 175 Å². The van der Waals surface area contributed by atoms with E-state index in [-0.39, 0.29) is 11.3 Å². The number of carboxylic acid groups (broad SMARTS) is 1. The summed E-state index contributed by atoms with van der Waals surface area (Å²) in [6, 6.07) is 20.6. The van der Waals surface area contributed by atoms with Crippen molar-refractivity contribution in [3.05, 3.63) is 101 Å². The van der Waals surface area contributed by atoms with Gasteiger partial charge in [-0.3, -0.25) is 4.79 Å². The number of sulfonamides is 1. The van der Waals surface area contributed by atoms with Crippen molar-refractivity contribution in [2.24, 2.45) is 0 Å². The average Bonchev–Trinajstić information content (AvgIpc) is 2.73. The number of rotatable bonds is 9. The molecule has 0 fully saturated rings. The molecule has 0 heterocycles. The smallest absolute Gasteiger partial charge is 0.303 e. The zero-order valence-electron chi connectivity index (χ0n) is 16.2. The minimum absolute atomic E-state index is 0.0184. The number of benzene rings is 3.